The summed E-state index contributed by atoms with van der Waals surface area (Å²) in [6.07, 6.45) is 3.66. The predicted molar refractivity (Wildman–Crippen MR) is 135 cm³/mol. The third kappa shape index (κ3) is 5.09. The smallest absolute Gasteiger partial charge is 0.262 e. The minimum atomic E-state index is -0.313. The summed E-state index contributed by atoms with van der Waals surface area (Å²) in [6.45, 7) is 2.58. The lowest BCUT2D eigenvalue weighted by atomic mass is 10.1. The first-order chi connectivity index (χ1) is 16.7. The number of benzene rings is 1. The molecule has 7 nitrogen and oxygen atoms in total. The van der Waals surface area contributed by atoms with Crippen LogP contribution in [0.15, 0.2) is 47.2 Å². The van der Waals surface area contributed by atoms with Crippen LogP contribution in [-0.2, 0) is 11.3 Å². The number of hydrogen-bond donors (Lipinski definition) is 1. The molecule has 34 heavy (non-hydrogen) atoms. The van der Waals surface area contributed by atoms with Gasteiger partial charge in [-0.05, 0) is 55.6 Å². The van der Waals surface area contributed by atoms with Gasteiger partial charge in [-0.1, -0.05) is 18.6 Å². The Bertz CT molecular complexity index is 1340. The average Bonchev–Trinajstić information content (AvgIpc) is 3.53. The van der Waals surface area contributed by atoms with Crippen molar-refractivity contribution in [2.24, 2.45) is 0 Å². The summed E-state index contributed by atoms with van der Waals surface area (Å²) in [7, 11) is 0. The van der Waals surface area contributed by atoms with E-state index in [-0.39, 0.29) is 12.5 Å². The number of anilines is 1. The number of carbonyl (C=O) groups excluding carboxylic acids is 1. The zero-order chi connectivity index (χ0) is 23.3. The van der Waals surface area contributed by atoms with Gasteiger partial charge in [-0.2, -0.15) is 10.2 Å². The maximum atomic E-state index is 12.6. The van der Waals surface area contributed by atoms with Crippen LogP contribution in [0.25, 0.3) is 20.7 Å². The lowest BCUT2D eigenvalue weighted by Crippen LogP contribution is -2.30. The molecule has 1 fully saturated rings. The van der Waals surface area contributed by atoms with Gasteiger partial charge in [0, 0.05) is 21.5 Å². The molecule has 0 bridgehead atoms. The summed E-state index contributed by atoms with van der Waals surface area (Å²) in [5, 5.41) is 16.8. The maximum absolute atomic E-state index is 12.6. The van der Waals surface area contributed by atoms with Crippen molar-refractivity contribution in [3.63, 3.8) is 0 Å². The zero-order valence-electron chi connectivity index (χ0n) is 18.5. The Labute approximate surface area is 205 Å². The zero-order valence-corrected chi connectivity index (χ0v) is 20.1. The number of nitriles is 1. The molecule has 1 saturated heterocycles. The number of nitrogens with zero attached hydrogens (tertiary/aromatic N) is 4. The van der Waals surface area contributed by atoms with Gasteiger partial charge in [0.15, 0.2) is 6.61 Å². The molecule has 0 radical (unpaired) electrons. The Balaban J connectivity index is 1.40. The van der Waals surface area contributed by atoms with E-state index in [1.807, 2.05) is 11.4 Å². The number of carbonyl (C=O) groups is 1. The minimum Gasteiger partial charge on any atom is -0.467 e. The molecule has 3 aromatic heterocycles. The van der Waals surface area contributed by atoms with Crippen molar-refractivity contribution in [2.45, 2.75) is 25.8 Å². The second-order valence-electron chi connectivity index (χ2n) is 8.12. The van der Waals surface area contributed by atoms with E-state index in [9.17, 15) is 4.79 Å². The van der Waals surface area contributed by atoms with Gasteiger partial charge in [-0.15, -0.1) is 22.7 Å². The van der Waals surface area contributed by atoms with E-state index >= 15 is 0 Å². The summed E-state index contributed by atoms with van der Waals surface area (Å²) in [4.78, 5) is 26.5. The van der Waals surface area contributed by atoms with Gasteiger partial charge >= 0.3 is 0 Å². The first-order valence-corrected chi connectivity index (χ1v) is 12.9. The number of likely N-dealkylation sites (tertiary alicyclic amines) is 1. The van der Waals surface area contributed by atoms with Crippen molar-refractivity contribution in [1.82, 2.24) is 14.9 Å². The van der Waals surface area contributed by atoms with Crippen LogP contribution in [0.2, 0.25) is 0 Å². The van der Waals surface area contributed by atoms with Gasteiger partial charge in [-0.25, -0.2) is 4.98 Å². The number of fused-ring (bicyclic) bond motifs is 1. The number of rotatable bonds is 7. The topological polar surface area (TPSA) is 91.1 Å². The molecule has 4 aromatic rings. The highest BCUT2D eigenvalue weighted by Crippen LogP contribution is 2.40. The molecule has 0 atom stereocenters. The van der Waals surface area contributed by atoms with Gasteiger partial charge in [0.1, 0.15) is 10.7 Å². The summed E-state index contributed by atoms with van der Waals surface area (Å²) < 4.78 is 6.00. The Hall–Kier alpha value is -3.32. The van der Waals surface area contributed by atoms with Gasteiger partial charge in [0.05, 0.1) is 23.6 Å². The second-order valence-corrected chi connectivity index (χ2v) is 9.92. The van der Waals surface area contributed by atoms with Crippen LogP contribution in [0.4, 0.5) is 5.69 Å². The van der Waals surface area contributed by atoms with E-state index in [1.165, 1.54) is 19.3 Å². The molecule has 1 aromatic carbocycles. The summed E-state index contributed by atoms with van der Waals surface area (Å²) in [5.41, 5.74) is 2.06. The maximum Gasteiger partial charge on any atom is 0.262 e. The monoisotopic (exact) mass is 489 g/mol. The molecule has 0 unspecified atom stereocenters. The van der Waals surface area contributed by atoms with Crippen LogP contribution in [0.1, 0.15) is 30.7 Å². The van der Waals surface area contributed by atoms with Gasteiger partial charge in [0.25, 0.3) is 5.91 Å². The van der Waals surface area contributed by atoms with E-state index in [1.54, 1.807) is 46.9 Å². The number of nitrogens with one attached hydrogen (secondary N) is 1. The molecule has 1 amide bonds. The van der Waals surface area contributed by atoms with E-state index in [0.29, 0.717) is 29.5 Å². The van der Waals surface area contributed by atoms with E-state index < -0.39 is 0 Å². The second kappa shape index (κ2) is 10.3. The number of amides is 1. The number of piperidine rings is 1. The fourth-order valence-electron chi connectivity index (χ4n) is 4.06. The molecule has 5 rings (SSSR count). The van der Waals surface area contributed by atoms with E-state index in [4.69, 9.17) is 20.0 Å². The third-order valence-electron chi connectivity index (χ3n) is 5.66. The number of aromatic nitrogens is 2. The van der Waals surface area contributed by atoms with Gasteiger partial charge in [0.2, 0.25) is 5.88 Å². The van der Waals surface area contributed by atoms with Crippen molar-refractivity contribution in [2.75, 3.05) is 25.0 Å². The molecule has 0 aliphatic carbocycles. The Morgan fingerprint density at radius 3 is 2.82 bits per heavy atom. The first kappa shape index (κ1) is 22.5. The summed E-state index contributed by atoms with van der Waals surface area (Å²) in [5.74, 6) is 0.834. The normalized spacial score (nSPS) is 14.1. The van der Waals surface area contributed by atoms with Crippen LogP contribution in [0, 0.1) is 11.3 Å². The lowest BCUT2D eigenvalue weighted by Gasteiger charge is -2.25. The van der Waals surface area contributed by atoms with Crippen LogP contribution in [0.5, 0.6) is 5.88 Å². The summed E-state index contributed by atoms with van der Waals surface area (Å²) in [6, 6.07) is 12.9. The van der Waals surface area contributed by atoms with Crippen LogP contribution in [-0.4, -0.2) is 40.5 Å². The molecular formula is C25H23N5O2S2. The molecule has 4 heterocycles. The Kier molecular flexibility index (Phi) is 6.81. The number of ether oxygens (including phenoxy) is 1. The molecule has 172 valence electrons. The molecule has 0 spiro atoms. The molecular weight excluding hydrogens is 466 g/mol. The average molecular weight is 490 g/mol. The molecule has 0 saturated carbocycles. The van der Waals surface area contributed by atoms with Crippen LogP contribution >= 0.6 is 22.7 Å². The SMILES string of the molecule is N#Cc1cccc(NC(=O)COc2nc(CN3CCCCC3)nc3scc(-c4cccs4)c23)c1. The highest BCUT2D eigenvalue weighted by atomic mass is 32.1. The number of thiophene rings is 2. The first-order valence-electron chi connectivity index (χ1n) is 11.2. The third-order valence-corrected chi connectivity index (χ3v) is 7.44. The Morgan fingerprint density at radius 2 is 2.03 bits per heavy atom. The van der Waals surface area contributed by atoms with E-state index in [0.717, 1.165) is 33.7 Å². The quantitative estimate of drug-likeness (QED) is 0.379. The molecule has 1 aliphatic rings. The fourth-order valence-corrected chi connectivity index (χ4v) is 5.83. The van der Waals surface area contributed by atoms with Gasteiger partial charge in [-0.3, -0.25) is 9.69 Å². The molecule has 1 N–H and O–H groups in total. The molecule has 1 aliphatic heterocycles. The van der Waals surface area contributed by atoms with Crippen molar-refractivity contribution in [3.8, 4) is 22.4 Å². The highest BCUT2D eigenvalue weighted by Gasteiger charge is 2.20. The minimum absolute atomic E-state index is 0.189. The van der Waals surface area contributed by atoms with Gasteiger partial charge < -0.3 is 10.1 Å². The highest BCUT2D eigenvalue weighted by molar-refractivity contribution is 7.18. The summed E-state index contributed by atoms with van der Waals surface area (Å²) >= 11 is 3.22. The standard InChI is InChI=1S/C25H23N5O2S2/c26-13-17-6-4-7-18(12-17)27-22(31)15-32-24-23-19(20-8-5-11-33-20)16-34-25(23)29-21(28-24)14-30-9-2-1-3-10-30/h4-8,11-12,16H,1-3,9-10,14-15H2,(H,27,31). The largest absolute Gasteiger partial charge is 0.467 e. The van der Waals surface area contributed by atoms with Crippen molar-refractivity contribution < 1.29 is 9.53 Å². The van der Waals surface area contributed by atoms with Crippen LogP contribution < -0.4 is 10.1 Å². The van der Waals surface area contributed by atoms with Crippen molar-refractivity contribution in [1.29, 1.82) is 5.26 Å². The lowest BCUT2D eigenvalue weighted by molar-refractivity contribution is -0.118. The van der Waals surface area contributed by atoms with Crippen molar-refractivity contribution >= 4 is 44.5 Å². The Morgan fingerprint density at radius 1 is 1.15 bits per heavy atom. The number of hydrogen-bond acceptors (Lipinski definition) is 8. The molecule has 9 heteroatoms. The van der Waals surface area contributed by atoms with Crippen molar-refractivity contribution in [3.05, 3.63) is 58.5 Å². The predicted octanol–water partition coefficient (Wildman–Crippen LogP) is 5.29. The van der Waals surface area contributed by atoms with E-state index in [2.05, 4.69) is 27.7 Å². The van der Waals surface area contributed by atoms with Crippen LogP contribution in [0.3, 0.4) is 0 Å². The fraction of sp³-hybridized carbons (Fsp3) is 0.280.